The van der Waals surface area contributed by atoms with Crippen LogP contribution in [0, 0.1) is 0 Å². The number of carbonyl (C=O) groups is 4. The number of halogens is 2. The summed E-state index contributed by atoms with van der Waals surface area (Å²) >= 11 is 11.9. The van der Waals surface area contributed by atoms with E-state index in [-0.39, 0.29) is 23.5 Å². The number of hydrogen-bond acceptors (Lipinski definition) is 5. The molecule has 3 aromatic carbocycles. The summed E-state index contributed by atoms with van der Waals surface area (Å²) in [5, 5.41) is 3.45. The third kappa shape index (κ3) is 6.43. The van der Waals surface area contributed by atoms with Crippen LogP contribution in [0.1, 0.15) is 26.3 Å². The number of rotatable bonds is 8. The summed E-state index contributed by atoms with van der Waals surface area (Å²) in [6.45, 7) is -0.870. The molecule has 3 rings (SSSR count). The van der Waals surface area contributed by atoms with E-state index in [2.05, 4.69) is 5.32 Å². The van der Waals surface area contributed by atoms with E-state index < -0.39 is 24.4 Å². The molecule has 0 aliphatic rings. The summed E-state index contributed by atoms with van der Waals surface area (Å²) < 4.78 is 5.12. The Morgan fingerprint density at radius 3 is 2.15 bits per heavy atom. The molecule has 0 aromatic heterocycles. The highest BCUT2D eigenvalue weighted by atomic mass is 35.5. The predicted octanol–water partition coefficient (Wildman–Crippen LogP) is 4.48. The van der Waals surface area contributed by atoms with Gasteiger partial charge in [0.25, 0.3) is 5.91 Å². The Labute approximate surface area is 206 Å². The van der Waals surface area contributed by atoms with Crippen LogP contribution >= 0.6 is 23.2 Å². The lowest BCUT2D eigenvalue weighted by Gasteiger charge is -2.17. The monoisotopic (exact) mass is 498 g/mol. The van der Waals surface area contributed by atoms with Crippen LogP contribution in [0.25, 0.3) is 0 Å². The minimum atomic E-state index is -0.833. The molecule has 0 atom stereocenters. The van der Waals surface area contributed by atoms with Gasteiger partial charge < -0.3 is 15.0 Å². The van der Waals surface area contributed by atoms with Gasteiger partial charge in [-0.15, -0.1) is 0 Å². The first-order valence-electron chi connectivity index (χ1n) is 10.1. The van der Waals surface area contributed by atoms with Crippen molar-refractivity contribution in [2.75, 3.05) is 25.5 Å². The Balaban J connectivity index is 1.59. The van der Waals surface area contributed by atoms with Gasteiger partial charge >= 0.3 is 5.97 Å². The van der Waals surface area contributed by atoms with Crippen LogP contribution in [0.3, 0.4) is 0 Å². The Morgan fingerprint density at radius 2 is 1.47 bits per heavy atom. The summed E-state index contributed by atoms with van der Waals surface area (Å²) in [4.78, 5) is 51.1. The number of anilines is 1. The lowest BCUT2D eigenvalue weighted by atomic mass is 9.98. The molecule has 2 amide bonds. The number of hydrogen-bond donors (Lipinski definition) is 1. The van der Waals surface area contributed by atoms with Crippen molar-refractivity contribution >= 4 is 52.5 Å². The number of ketones is 1. The van der Waals surface area contributed by atoms with E-state index in [4.69, 9.17) is 27.9 Å². The normalized spacial score (nSPS) is 10.3. The predicted molar refractivity (Wildman–Crippen MR) is 129 cm³/mol. The average molecular weight is 499 g/mol. The van der Waals surface area contributed by atoms with E-state index in [1.54, 1.807) is 60.7 Å². The van der Waals surface area contributed by atoms with Crippen molar-refractivity contribution < 1.29 is 23.9 Å². The molecule has 0 aliphatic carbocycles. The van der Waals surface area contributed by atoms with Gasteiger partial charge in [0.05, 0.1) is 22.8 Å². The van der Waals surface area contributed by atoms with Crippen molar-refractivity contribution in [2.24, 2.45) is 0 Å². The third-order valence-corrected chi connectivity index (χ3v) is 5.36. The number of benzene rings is 3. The SMILES string of the molecule is CN(CC(=O)Nc1ccccc1Cl)C(=O)COC(=O)c1ccccc1C(=O)c1ccc(Cl)cc1. The second kappa shape index (κ2) is 11.4. The zero-order valence-electron chi connectivity index (χ0n) is 18.1. The zero-order chi connectivity index (χ0) is 24.7. The smallest absolute Gasteiger partial charge is 0.339 e. The van der Waals surface area contributed by atoms with E-state index in [0.29, 0.717) is 21.3 Å². The van der Waals surface area contributed by atoms with E-state index in [9.17, 15) is 19.2 Å². The zero-order valence-corrected chi connectivity index (χ0v) is 19.6. The molecular weight excluding hydrogens is 479 g/mol. The maximum Gasteiger partial charge on any atom is 0.339 e. The molecule has 0 spiro atoms. The molecule has 0 aliphatic heterocycles. The van der Waals surface area contributed by atoms with Crippen LogP contribution in [0.5, 0.6) is 0 Å². The lowest BCUT2D eigenvalue weighted by molar-refractivity contribution is -0.136. The molecule has 0 fully saturated rings. The van der Waals surface area contributed by atoms with Gasteiger partial charge in [-0.2, -0.15) is 0 Å². The topological polar surface area (TPSA) is 92.8 Å². The Hall–Kier alpha value is -3.68. The highest BCUT2D eigenvalue weighted by Crippen LogP contribution is 2.20. The third-order valence-electron chi connectivity index (χ3n) is 4.78. The first kappa shape index (κ1) is 25.0. The van der Waals surface area contributed by atoms with E-state index in [0.717, 1.165) is 4.90 Å². The van der Waals surface area contributed by atoms with Gasteiger partial charge in [-0.3, -0.25) is 14.4 Å². The molecule has 0 saturated carbocycles. The van der Waals surface area contributed by atoms with Crippen molar-refractivity contribution in [3.05, 3.63) is 99.5 Å². The second-order valence-electron chi connectivity index (χ2n) is 7.24. The summed E-state index contributed by atoms with van der Waals surface area (Å²) in [5.41, 5.74) is 0.928. The quantitative estimate of drug-likeness (QED) is 0.365. The van der Waals surface area contributed by atoms with Gasteiger partial charge in [0, 0.05) is 23.2 Å². The van der Waals surface area contributed by atoms with Crippen LogP contribution in [-0.4, -0.2) is 48.7 Å². The van der Waals surface area contributed by atoms with Gasteiger partial charge in [0.15, 0.2) is 12.4 Å². The van der Waals surface area contributed by atoms with Crippen molar-refractivity contribution in [3.63, 3.8) is 0 Å². The van der Waals surface area contributed by atoms with Gasteiger partial charge in [0.2, 0.25) is 5.91 Å². The highest BCUT2D eigenvalue weighted by molar-refractivity contribution is 6.33. The maximum atomic E-state index is 12.8. The summed E-state index contributed by atoms with van der Waals surface area (Å²) in [7, 11) is 1.40. The molecule has 1 N–H and O–H groups in total. The van der Waals surface area contributed by atoms with Crippen LogP contribution in [0.4, 0.5) is 5.69 Å². The molecule has 0 bridgehead atoms. The standard InChI is InChI=1S/C25H20Cl2N2O5/c1-29(14-22(30)28-21-9-5-4-8-20(21)27)23(31)15-34-25(33)19-7-3-2-6-18(19)24(32)16-10-12-17(26)13-11-16/h2-13H,14-15H2,1H3,(H,28,30). The Kier molecular flexibility index (Phi) is 8.40. The minimum absolute atomic E-state index is 0.0226. The maximum absolute atomic E-state index is 12.8. The average Bonchev–Trinajstić information content (AvgIpc) is 2.83. The molecule has 0 heterocycles. The van der Waals surface area contributed by atoms with Gasteiger partial charge in [-0.05, 0) is 42.5 Å². The highest BCUT2D eigenvalue weighted by Gasteiger charge is 2.21. The molecule has 174 valence electrons. The molecule has 7 nitrogen and oxygen atoms in total. The van der Waals surface area contributed by atoms with Crippen LogP contribution in [0.2, 0.25) is 10.0 Å². The van der Waals surface area contributed by atoms with Crippen molar-refractivity contribution in [2.45, 2.75) is 0 Å². The van der Waals surface area contributed by atoms with Crippen molar-refractivity contribution in [3.8, 4) is 0 Å². The summed E-state index contributed by atoms with van der Waals surface area (Å²) in [6, 6.07) is 19.1. The fourth-order valence-corrected chi connectivity index (χ4v) is 3.30. The van der Waals surface area contributed by atoms with Gasteiger partial charge in [0.1, 0.15) is 0 Å². The van der Waals surface area contributed by atoms with Crippen LogP contribution in [0.15, 0.2) is 72.8 Å². The first-order chi connectivity index (χ1) is 16.3. The van der Waals surface area contributed by atoms with Gasteiger partial charge in [-0.1, -0.05) is 53.5 Å². The fourth-order valence-electron chi connectivity index (χ4n) is 2.99. The number of para-hydroxylation sites is 1. The molecule has 34 heavy (non-hydrogen) atoms. The number of esters is 1. The molecule has 9 heteroatoms. The largest absolute Gasteiger partial charge is 0.452 e. The fraction of sp³-hybridized carbons (Fsp3) is 0.120. The summed E-state index contributed by atoms with van der Waals surface area (Å²) in [6.07, 6.45) is 0. The number of likely N-dealkylation sites (N-methyl/N-ethyl adjacent to an activating group) is 1. The van der Waals surface area contributed by atoms with Crippen molar-refractivity contribution in [1.29, 1.82) is 0 Å². The lowest BCUT2D eigenvalue weighted by Crippen LogP contribution is -2.37. The van der Waals surface area contributed by atoms with E-state index in [1.807, 2.05) is 0 Å². The number of carbonyl (C=O) groups excluding carboxylic acids is 4. The van der Waals surface area contributed by atoms with E-state index in [1.165, 1.54) is 19.2 Å². The van der Waals surface area contributed by atoms with Crippen molar-refractivity contribution in [1.82, 2.24) is 4.90 Å². The van der Waals surface area contributed by atoms with Crippen LogP contribution < -0.4 is 5.32 Å². The first-order valence-corrected chi connectivity index (χ1v) is 10.9. The van der Waals surface area contributed by atoms with Crippen LogP contribution in [-0.2, 0) is 14.3 Å². The number of nitrogens with zero attached hydrogens (tertiary/aromatic N) is 1. The number of nitrogens with one attached hydrogen (secondary N) is 1. The molecule has 0 unspecified atom stereocenters. The minimum Gasteiger partial charge on any atom is -0.452 e. The molecule has 3 aromatic rings. The second-order valence-corrected chi connectivity index (χ2v) is 8.08. The van der Waals surface area contributed by atoms with Gasteiger partial charge in [-0.25, -0.2) is 4.79 Å². The Bertz CT molecular complexity index is 1230. The Morgan fingerprint density at radius 1 is 0.853 bits per heavy atom. The van der Waals surface area contributed by atoms with E-state index >= 15 is 0 Å². The molecular formula is C25H20Cl2N2O5. The number of ether oxygens (including phenoxy) is 1. The summed E-state index contributed by atoms with van der Waals surface area (Å²) in [5.74, 6) is -2.28. The molecule has 0 radical (unpaired) electrons. The number of amides is 2. The molecule has 0 saturated heterocycles.